The Hall–Kier alpha value is -2.99. The van der Waals surface area contributed by atoms with E-state index in [4.69, 9.17) is 12.2 Å². The number of aliphatic hydroxyl groups excluding tert-OH is 1. The Balaban J connectivity index is 1.91. The Bertz CT molecular complexity index is 945. The van der Waals surface area contributed by atoms with Crippen LogP contribution in [0.3, 0.4) is 0 Å². The fourth-order valence-electron chi connectivity index (χ4n) is 2.41. The highest BCUT2D eigenvalue weighted by atomic mass is 32.1. The number of Topliss-reactive ketones (excluding diaryl/α,β-unsaturated/α-hetero) is 1. The average Bonchev–Trinajstić information content (AvgIpc) is 2.93. The first kappa shape index (κ1) is 15.9. The second-order valence-corrected chi connectivity index (χ2v) is 5.58. The number of carbonyl (C=O) groups excluding carboxylic acids is 1. The number of fused-ring (bicyclic) bond motifs is 1. The third kappa shape index (κ3) is 2.91. The molecule has 0 unspecified atom stereocenters. The molecule has 6 heteroatoms. The van der Waals surface area contributed by atoms with E-state index in [1.165, 1.54) is 0 Å². The Morgan fingerprint density at radius 3 is 2.50 bits per heavy atom. The van der Waals surface area contributed by atoms with Crippen molar-refractivity contribution in [2.75, 3.05) is 5.32 Å². The summed E-state index contributed by atoms with van der Waals surface area (Å²) in [6, 6.07) is 16.7. The van der Waals surface area contributed by atoms with E-state index in [0.717, 1.165) is 17.5 Å². The van der Waals surface area contributed by atoms with Gasteiger partial charge in [-0.25, -0.2) is 4.98 Å². The van der Waals surface area contributed by atoms with E-state index in [2.05, 4.69) is 10.3 Å². The zero-order valence-electron chi connectivity index (χ0n) is 12.9. The maximum atomic E-state index is 12.8. The molecule has 5 nitrogen and oxygen atoms in total. The number of hydrogen-bond donors (Lipinski definition) is 2. The van der Waals surface area contributed by atoms with Crippen molar-refractivity contribution in [1.29, 1.82) is 0 Å². The maximum Gasteiger partial charge on any atom is 0.234 e. The summed E-state index contributed by atoms with van der Waals surface area (Å²) in [6.07, 6.45) is 0.722. The summed E-state index contributed by atoms with van der Waals surface area (Å²) in [6.45, 7) is 0. The maximum absolute atomic E-state index is 12.8. The quantitative estimate of drug-likeness (QED) is 0.329. The molecule has 0 amide bonds. The molecule has 3 rings (SSSR count). The summed E-state index contributed by atoms with van der Waals surface area (Å²) in [7, 11) is 1.76. The van der Waals surface area contributed by atoms with Gasteiger partial charge in [0.25, 0.3) is 0 Å². The molecule has 24 heavy (non-hydrogen) atoms. The SMILES string of the molecule is Cn1c(C(=O)/C(=C/O)C(=S)Nc2ccccc2)nc2ccccc21. The third-order valence-electron chi connectivity index (χ3n) is 3.64. The van der Waals surface area contributed by atoms with Gasteiger partial charge in [-0.05, 0) is 24.3 Å². The molecule has 0 radical (unpaired) electrons. The van der Waals surface area contributed by atoms with Crippen LogP contribution in [0.1, 0.15) is 10.6 Å². The molecule has 1 heterocycles. The topological polar surface area (TPSA) is 67.2 Å². The molecule has 0 aliphatic rings. The van der Waals surface area contributed by atoms with Crippen molar-refractivity contribution in [2.45, 2.75) is 0 Å². The summed E-state index contributed by atoms with van der Waals surface area (Å²) in [5, 5.41) is 12.5. The van der Waals surface area contributed by atoms with Crippen molar-refractivity contribution in [3.8, 4) is 0 Å². The van der Waals surface area contributed by atoms with Crippen molar-refractivity contribution in [1.82, 2.24) is 9.55 Å². The molecular weight excluding hydrogens is 322 g/mol. The van der Waals surface area contributed by atoms with Crippen molar-refractivity contribution >= 4 is 39.7 Å². The number of para-hydroxylation sites is 3. The lowest BCUT2D eigenvalue weighted by Crippen LogP contribution is -2.21. The second-order valence-electron chi connectivity index (χ2n) is 5.18. The molecular formula is C18H15N3O2S. The normalized spacial score (nSPS) is 11.5. The van der Waals surface area contributed by atoms with Crippen molar-refractivity contribution < 1.29 is 9.90 Å². The molecule has 0 saturated heterocycles. The van der Waals surface area contributed by atoms with E-state index >= 15 is 0 Å². The number of aliphatic hydroxyl groups is 1. The summed E-state index contributed by atoms with van der Waals surface area (Å²) in [4.78, 5) is 17.2. The third-order valence-corrected chi connectivity index (χ3v) is 3.96. The predicted molar refractivity (Wildman–Crippen MR) is 98.4 cm³/mol. The average molecular weight is 337 g/mol. The van der Waals surface area contributed by atoms with E-state index in [1.807, 2.05) is 54.6 Å². The molecule has 0 aliphatic heterocycles. The second kappa shape index (κ2) is 6.64. The summed E-state index contributed by atoms with van der Waals surface area (Å²) in [5.74, 6) is -0.224. The lowest BCUT2D eigenvalue weighted by molar-refractivity contribution is 0.102. The number of imidazole rings is 1. The number of benzene rings is 2. The zero-order chi connectivity index (χ0) is 17.1. The minimum absolute atomic E-state index is 0.00717. The van der Waals surface area contributed by atoms with Crippen LogP contribution < -0.4 is 5.32 Å². The lowest BCUT2D eigenvalue weighted by Gasteiger charge is -2.10. The summed E-state index contributed by atoms with van der Waals surface area (Å²) >= 11 is 5.26. The van der Waals surface area contributed by atoms with Gasteiger partial charge >= 0.3 is 0 Å². The fraction of sp³-hybridized carbons (Fsp3) is 0.0556. The van der Waals surface area contributed by atoms with Crippen LogP contribution in [0.4, 0.5) is 5.69 Å². The molecule has 0 saturated carbocycles. The monoisotopic (exact) mass is 337 g/mol. The Morgan fingerprint density at radius 1 is 1.17 bits per heavy atom. The van der Waals surface area contributed by atoms with Gasteiger partial charge in [0.1, 0.15) is 4.99 Å². The molecule has 120 valence electrons. The summed E-state index contributed by atoms with van der Waals surface area (Å²) in [5.41, 5.74) is 2.27. The number of aryl methyl sites for hydroxylation is 1. The molecule has 0 aliphatic carbocycles. The highest BCUT2D eigenvalue weighted by Gasteiger charge is 2.22. The highest BCUT2D eigenvalue weighted by Crippen LogP contribution is 2.18. The first-order valence-electron chi connectivity index (χ1n) is 7.28. The number of nitrogens with zero attached hydrogens (tertiary/aromatic N) is 2. The molecule has 3 aromatic rings. The summed E-state index contributed by atoms with van der Waals surface area (Å²) < 4.78 is 1.69. The number of hydrogen-bond acceptors (Lipinski definition) is 4. The van der Waals surface area contributed by atoms with Crippen LogP contribution in [0.5, 0.6) is 0 Å². The smallest absolute Gasteiger partial charge is 0.234 e. The Labute approximate surface area is 144 Å². The molecule has 2 aromatic carbocycles. The minimum atomic E-state index is -0.440. The van der Waals surface area contributed by atoms with Crippen LogP contribution in [0.25, 0.3) is 11.0 Å². The van der Waals surface area contributed by atoms with E-state index in [0.29, 0.717) is 5.52 Å². The molecule has 0 bridgehead atoms. The van der Waals surface area contributed by atoms with E-state index in [-0.39, 0.29) is 16.4 Å². The number of carbonyl (C=O) groups is 1. The van der Waals surface area contributed by atoms with Gasteiger partial charge < -0.3 is 15.0 Å². The fourth-order valence-corrected chi connectivity index (χ4v) is 2.67. The Morgan fingerprint density at radius 2 is 1.83 bits per heavy atom. The van der Waals surface area contributed by atoms with Crippen molar-refractivity contribution in [3.05, 3.63) is 72.3 Å². The van der Waals surface area contributed by atoms with E-state index < -0.39 is 5.78 Å². The van der Waals surface area contributed by atoms with Crippen LogP contribution in [0, 0.1) is 0 Å². The lowest BCUT2D eigenvalue weighted by atomic mass is 10.1. The molecule has 0 atom stereocenters. The number of rotatable bonds is 4. The van der Waals surface area contributed by atoms with Crippen LogP contribution in [0.15, 0.2) is 66.4 Å². The van der Waals surface area contributed by atoms with Gasteiger partial charge in [-0.3, -0.25) is 4.79 Å². The first-order valence-corrected chi connectivity index (χ1v) is 7.69. The number of thiocarbonyl (C=S) groups is 1. The minimum Gasteiger partial charge on any atom is -0.515 e. The van der Waals surface area contributed by atoms with Crippen LogP contribution in [0.2, 0.25) is 0 Å². The molecule has 1 aromatic heterocycles. The van der Waals surface area contributed by atoms with Gasteiger partial charge in [0.2, 0.25) is 5.78 Å². The molecule has 0 spiro atoms. The van der Waals surface area contributed by atoms with Gasteiger partial charge in [0.15, 0.2) is 5.82 Å². The largest absolute Gasteiger partial charge is 0.515 e. The number of ketones is 1. The number of anilines is 1. The van der Waals surface area contributed by atoms with Gasteiger partial charge in [-0.1, -0.05) is 42.5 Å². The number of aromatic nitrogens is 2. The first-order chi connectivity index (χ1) is 11.6. The molecule has 2 N–H and O–H groups in total. The zero-order valence-corrected chi connectivity index (χ0v) is 13.7. The van der Waals surface area contributed by atoms with Gasteiger partial charge in [0.05, 0.1) is 22.9 Å². The standard InChI is InChI=1S/C18H15N3O2S/c1-21-15-10-6-5-9-14(15)20-17(21)16(23)13(11-22)18(24)19-12-7-3-2-4-8-12/h2-11,22H,1H3,(H,19,24)/b13-11-. The van der Waals surface area contributed by atoms with Crippen molar-refractivity contribution in [3.63, 3.8) is 0 Å². The molecule has 0 fully saturated rings. The van der Waals surface area contributed by atoms with Crippen LogP contribution in [-0.4, -0.2) is 25.4 Å². The highest BCUT2D eigenvalue weighted by molar-refractivity contribution is 7.81. The van der Waals surface area contributed by atoms with Gasteiger partial charge in [-0.15, -0.1) is 0 Å². The van der Waals surface area contributed by atoms with Crippen LogP contribution >= 0.6 is 12.2 Å². The number of nitrogens with one attached hydrogen (secondary N) is 1. The predicted octanol–water partition coefficient (Wildman–Crippen LogP) is 3.64. The van der Waals surface area contributed by atoms with E-state index in [1.54, 1.807) is 11.6 Å². The van der Waals surface area contributed by atoms with Gasteiger partial charge in [-0.2, -0.15) is 0 Å². The van der Waals surface area contributed by atoms with E-state index in [9.17, 15) is 9.90 Å². The van der Waals surface area contributed by atoms with Gasteiger partial charge in [0, 0.05) is 12.7 Å². The van der Waals surface area contributed by atoms with Crippen molar-refractivity contribution in [2.24, 2.45) is 7.05 Å². The van der Waals surface area contributed by atoms with Crippen LogP contribution in [-0.2, 0) is 7.05 Å². The Kier molecular flexibility index (Phi) is 4.39.